The molecule has 0 aliphatic heterocycles. The summed E-state index contributed by atoms with van der Waals surface area (Å²) in [6, 6.07) is 10.4. The molecule has 2 rings (SSSR count). The quantitative estimate of drug-likeness (QED) is 0.862. The number of hydrogen-bond donors (Lipinski definition) is 1. The molecule has 0 fully saturated rings. The molecule has 2 aromatic rings. The molecule has 0 radical (unpaired) electrons. The van der Waals surface area contributed by atoms with E-state index in [1.807, 2.05) is 44.2 Å². The molecule has 1 amide bonds. The molecule has 0 saturated heterocycles. The summed E-state index contributed by atoms with van der Waals surface area (Å²) in [5, 5.41) is 3.67. The molecule has 0 unspecified atom stereocenters. The fourth-order valence-electron chi connectivity index (χ4n) is 2.25. The van der Waals surface area contributed by atoms with Crippen LogP contribution in [0.25, 0.3) is 10.9 Å². The number of esters is 1. The predicted molar refractivity (Wildman–Crippen MR) is 84.5 cm³/mol. The lowest BCUT2D eigenvalue weighted by Gasteiger charge is -2.18. The van der Waals surface area contributed by atoms with Crippen molar-refractivity contribution in [3.63, 3.8) is 0 Å². The van der Waals surface area contributed by atoms with Crippen molar-refractivity contribution in [2.75, 3.05) is 7.11 Å². The van der Waals surface area contributed by atoms with E-state index in [0.29, 0.717) is 6.42 Å². The Labute approximate surface area is 129 Å². The van der Waals surface area contributed by atoms with Crippen LogP contribution >= 0.6 is 0 Å². The first-order chi connectivity index (χ1) is 10.5. The van der Waals surface area contributed by atoms with Crippen LogP contribution in [0.2, 0.25) is 0 Å². The number of amides is 1. The molecule has 5 heteroatoms. The molecular formula is C17H20N2O3. The van der Waals surface area contributed by atoms with Gasteiger partial charge in [-0.3, -0.25) is 4.79 Å². The van der Waals surface area contributed by atoms with Gasteiger partial charge in [-0.2, -0.15) is 0 Å². The third kappa shape index (κ3) is 3.81. The van der Waals surface area contributed by atoms with Gasteiger partial charge < -0.3 is 10.1 Å². The van der Waals surface area contributed by atoms with Gasteiger partial charge in [0, 0.05) is 5.39 Å². The number of ether oxygens (including phenoxy) is 1. The van der Waals surface area contributed by atoms with E-state index in [1.54, 1.807) is 6.07 Å². The molecule has 5 nitrogen and oxygen atoms in total. The van der Waals surface area contributed by atoms with Gasteiger partial charge in [-0.05, 0) is 24.5 Å². The molecule has 0 bridgehead atoms. The first-order valence-electron chi connectivity index (χ1n) is 7.25. The molecule has 1 N–H and O–H groups in total. The summed E-state index contributed by atoms with van der Waals surface area (Å²) in [5.74, 6) is -0.557. The number of aromatic nitrogens is 1. The summed E-state index contributed by atoms with van der Waals surface area (Å²) in [6.07, 6.45) is 0.520. The Bertz CT molecular complexity index is 682. The van der Waals surface area contributed by atoms with E-state index >= 15 is 0 Å². The van der Waals surface area contributed by atoms with Crippen LogP contribution in [-0.4, -0.2) is 30.0 Å². The van der Waals surface area contributed by atoms with Gasteiger partial charge in [0.1, 0.15) is 11.7 Å². The van der Waals surface area contributed by atoms with Crippen molar-refractivity contribution < 1.29 is 14.3 Å². The van der Waals surface area contributed by atoms with E-state index in [4.69, 9.17) is 4.74 Å². The maximum absolute atomic E-state index is 12.3. The van der Waals surface area contributed by atoms with Crippen LogP contribution in [0.15, 0.2) is 36.4 Å². The summed E-state index contributed by atoms with van der Waals surface area (Å²) in [4.78, 5) is 28.4. The lowest BCUT2D eigenvalue weighted by Crippen LogP contribution is -2.42. The number of nitrogens with one attached hydrogen (secondary N) is 1. The minimum atomic E-state index is -0.661. The van der Waals surface area contributed by atoms with Crippen molar-refractivity contribution in [2.45, 2.75) is 26.3 Å². The van der Waals surface area contributed by atoms with Crippen LogP contribution in [0.1, 0.15) is 30.8 Å². The van der Waals surface area contributed by atoms with Gasteiger partial charge in [0.25, 0.3) is 5.91 Å². The first kappa shape index (κ1) is 15.9. The largest absolute Gasteiger partial charge is 0.467 e. The molecule has 1 heterocycles. The lowest BCUT2D eigenvalue weighted by atomic mass is 10.0. The average Bonchev–Trinajstić information content (AvgIpc) is 2.52. The van der Waals surface area contributed by atoms with Crippen LogP contribution in [0.4, 0.5) is 0 Å². The number of rotatable bonds is 5. The van der Waals surface area contributed by atoms with Crippen molar-refractivity contribution in [2.24, 2.45) is 5.92 Å². The summed E-state index contributed by atoms with van der Waals surface area (Å²) in [7, 11) is 1.32. The van der Waals surface area contributed by atoms with Crippen molar-refractivity contribution in [3.8, 4) is 0 Å². The second kappa shape index (κ2) is 7.02. The number of hydrogen-bond acceptors (Lipinski definition) is 4. The van der Waals surface area contributed by atoms with Crippen LogP contribution < -0.4 is 5.32 Å². The SMILES string of the molecule is COC(=O)[C@H](CC(C)C)NC(=O)c1ccc2ccccc2n1. The van der Waals surface area contributed by atoms with Crippen LogP contribution in [0.5, 0.6) is 0 Å². The number of fused-ring (bicyclic) bond motifs is 1. The highest BCUT2D eigenvalue weighted by molar-refractivity contribution is 5.97. The Kier molecular flexibility index (Phi) is 5.09. The van der Waals surface area contributed by atoms with Gasteiger partial charge in [0.2, 0.25) is 0 Å². The van der Waals surface area contributed by atoms with E-state index in [0.717, 1.165) is 10.9 Å². The topological polar surface area (TPSA) is 68.3 Å². The number of methoxy groups -OCH3 is 1. The molecule has 0 aliphatic carbocycles. The maximum Gasteiger partial charge on any atom is 0.328 e. The standard InChI is InChI=1S/C17H20N2O3/c1-11(2)10-15(17(21)22-3)19-16(20)14-9-8-12-6-4-5-7-13(12)18-14/h4-9,11,15H,10H2,1-3H3,(H,19,20)/t15-/m0/s1. The van der Waals surface area contributed by atoms with Crippen LogP contribution in [0.3, 0.4) is 0 Å². The fourth-order valence-corrected chi connectivity index (χ4v) is 2.25. The first-order valence-corrected chi connectivity index (χ1v) is 7.25. The van der Waals surface area contributed by atoms with Gasteiger partial charge in [-0.1, -0.05) is 38.1 Å². The van der Waals surface area contributed by atoms with Crippen LogP contribution in [0, 0.1) is 5.92 Å². The highest BCUT2D eigenvalue weighted by Gasteiger charge is 2.23. The molecule has 116 valence electrons. The summed E-state index contributed by atoms with van der Waals surface area (Å²) in [5.41, 5.74) is 1.03. The highest BCUT2D eigenvalue weighted by Crippen LogP contribution is 2.12. The van der Waals surface area contributed by atoms with E-state index < -0.39 is 12.0 Å². The lowest BCUT2D eigenvalue weighted by molar-refractivity contribution is -0.143. The Morgan fingerprint density at radius 1 is 1.18 bits per heavy atom. The molecule has 1 atom stereocenters. The second-order valence-electron chi connectivity index (χ2n) is 5.57. The van der Waals surface area contributed by atoms with Crippen molar-refractivity contribution >= 4 is 22.8 Å². The highest BCUT2D eigenvalue weighted by atomic mass is 16.5. The molecule has 0 saturated carbocycles. The molecule has 22 heavy (non-hydrogen) atoms. The maximum atomic E-state index is 12.3. The second-order valence-corrected chi connectivity index (χ2v) is 5.57. The predicted octanol–water partition coefficient (Wildman–Crippen LogP) is 2.55. The number of nitrogens with zero attached hydrogens (tertiary/aromatic N) is 1. The molecule has 1 aromatic heterocycles. The molecule has 0 spiro atoms. The number of carbonyl (C=O) groups excluding carboxylic acids is 2. The Morgan fingerprint density at radius 3 is 2.59 bits per heavy atom. The monoisotopic (exact) mass is 300 g/mol. The van der Waals surface area contributed by atoms with Gasteiger partial charge >= 0.3 is 5.97 Å². The Balaban J connectivity index is 2.19. The van der Waals surface area contributed by atoms with Crippen LogP contribution in [-0.2, 0) is 9.53 Å². The minimum Gasteiger partial charge on any atom is -0.467 e. The Morgan fingerprint density at radius 2 is 1.91 bits per heavy atom. The summed E-state index contributed by atoms with van der Waals surface area (Å²) < 4.78 is 4.75. The average molecular weight is 300 g/mol. The fraction of sp³-hybridized carbons (Fsp3) is 0.353. The van der Waals surface area contributed by atoms with E-state index in [1.165, 1.54) is 7.11 Å². The van der Waals surface area contributed by atoms with E-state index in [2.05, 4.69) is 10.3 Å². The normalized spacial score (nSPS) is 12.2. The zero-order valence-electron chi connectivity index (χ0n) is 13.0. The molecule has 1 aromatic carbocycles. The van der Waals surface area contributed by atoms with Crippen molar-refractivity contribution in [1.29, 1.82) is 0 Å². The van der Waals surface area contributed by atoms with Gasteiger partial charge in [-0.25, -0.2) is 9.78 Å². The van der Waals surface area contributed by atoms with Gasteiger partial charge in [0.05, 0.1) is 12.6 Å². The molecule has 0 aliphatic rings. The number of benzene rings is 1. The minimum absolute atomic E-state index is 0.258. The third-order valence-electron chi connectivity index (χ3n) is 3.33. The number of pyridine rings is 1. The van der Waals surface area contributed by atoms with Gasteiger partial charge in [-0.15, -0.1) is 0 Å². The number of carbonyl (C=O) groups is 2. The molecular weight excluding hydrogens is 280 g/mol. The van der Waals surface area contributed by atoms with Gasteiger partial charge in [0.15, 0.2) is 0 Å². The van der Waals surface area contributed by atoms with E-state index in [9.17, 15) is 9.59 Å². The number of para-hydroxylation sites is 1. The zero-order valence-corrected chi connectivity index (χ0v) is 13.0. The smallest absolute Gasteiger partial charge is 0.328 e. The van der Waals surface area contributed by atoms with Crippen molar-refractivity contribution in [3.05, 3.63) is 42.1 Å². The summed E-state index contributed by atoms with van der Waals surface area (Å²) >= 11 is 0. The third-order valence-corrected chi connectivity index (χ3v) is 3.33. The summed E-state index contributed by atoms with van der Waals surface area (Å²) in [6.45, 7) is 3.97. The van der Waals surface area contributed by atoms with E-state index in [-0.39, 0.29) is 17.5 Å². The zero-order chi connectivity index (χ0) is 16.1. The Hall–Kier alpha value is -2.43. The van der Waals surface area contributed by atoms with Crippen molar-refractivity contribution in [1.82, 2.24) is 10.3 Å².